The molecule has 5 atom stereocenters. The summed E-state index contributed by atoms with van der Waals surface area (Å²) in [4.78, 5) is 32.9. The van der Waals surface area contributed by atoms with E-state index in [-0.39, 0.29) is 28.3 Å². The van der Waals surface area contributed by atoms with Gasteiger partial charge in [0.1, 0.15) is 5.75 Å². The zero-order valence-corrected chi connectivity index (χ0v) is 22.5. The van der Waals surface area contributed by atoms with E-state index in [1.54, 1.807) is 12.3 Å². The van der Waals surface area contributed by atoms with Crippen LogP contribution in [0.25, 0.3) is 0 Å². The van der Waals surface area contributed by atoms with E-state index in [2.05, 4.69) is 35.9 Å². The summed E-state index contributed by atoms with van der Waals surface area (Å²) in [5.41, 5.74) is 2.95. The number of phenols is 1. The molecule has 2 bridgehead atoms. The number of piperidine rings is 1. The van der Waals surface area contributed by atoms with Crippen LogP contribution in [0.3, 0.4) is 0 Å². The van der Waals surface area contributed by atoms with Crippen LogP contribution in [-0.2, 0) is 11.8 Å². The Balaban J connectivity index is 1.44. The molecule has 1 aliphatic heterocycles. The van der Waals surface area contributed by atoms with Crippen LogP contribution in [-0.4, -0.2) is 58.0 Å². The fourth-order valence-corrected chi connectivity index (χ4v) is 8.98. The van der Waals surface area contributed by atoms with E-state index in [9.17, 15) is 14.7 Å². The lowest BCUT2D eigenvalue weighted by Gasteiger charge is -2.64. The van der Waals surface area contributed by atoms with Crippen LogP contribution < -0.4 is 5.56 Å². The number of aromatic hydroxyl groups is 1. The number of hydrogen-bond donors (Lipinski definition) is 2. The number of hydrogen-bond acceptors (Lipinski definition) is 4. The molecule has 4 fully saturated rings. The van der Waals surface area contributed by atoms with Crippen LogP contribution in [0, 0.1) is 17.3 Å². The van der Waals surface area contributed by atoms with Crippen molar-refractivity contribution in [3.63, 3.8) is 0 Å². The summed E-state index contributed by atoms with van der Waals surface area (Å²) >= 11 is 0. The van der Waals surface area contributed by atoms with Crippen LogP contribution in [0.15, 0.2) is 41.3 Å². The van der Waals surface area contributed by atoms with E-state index in [0.717, 1.165) is 44.6 Å². The molecule has 2 N–H and O–H groups in total. The van der Waals surface area contributed by atoms with Gasteiger partial charge in [0.2, 0.25) is 5.56 Å². The number of phenolic OH excluding ortho intramolecular Hbond substituents is 1. The van der Waals surface area contributed by atoms with E-state index < -0.39 is 0 Å². The molecule has 3 aliphatic carbocycles. The maximum absolute atomic E-state index is 13.6. The van der Waals surface area contributed by atoms with E-state index in [1.165, 1.54) is 43.0 Å². The second-order valence-corrected chi connectivity index (χ2v) is 12.3. The van der Waals surface area contributed by atoms with Gasteiger partial charge in [-0.25, -0.2) is 0 Å². The summed E-state index contributed by atoms with van der Waals surface area (Å²) in [6, 6.07) is 9.74. The molecule has 6 rings (SSSR count). The number of nitrogens with zero attached hydrogens (tertiary/aromatic N) is 2. The van der Waals surface area contributed by atoms with Crippen molar-refractivity contribution in [1.29, 1.82) is 0 Å². The van der Waals surface area contributed by atoms with Crippen molar-refractivity contribution in [3.05, 3.63) is 63.6 Å². The van der Waals surface area contributed by atoms with Crippen LogP contribution in [0.1, 0.15) is 80.3 Å². The number of likely N-dealkylation sites (tertiary alicyclic amines) is 1. The highest BCUT2D eigenvalue weighted by Gasteiger charge is 2.69. The fourth-order valence-electron chi connectivity index (χ4n) is 8.98. The first-order valence-corrected chi connectivity index (χ1v) is 14.3. The Morgan fingerprint density at radius 2 is 1.92 bits per heavy atom. The number of pyridine rings is 1. The van der Waals surface area contributed by atoms with Crippen LogP contribution in [0.2, 0.25) is 0 Å². The van der Waals surface area contributed by atoms with Gasteiger partial charge in [0.05, 0.1) is 0 Å². The third-order valence-corrected chi connectivity index (χ3v) is 10.9. The number of rotatable bonds is 6. The van der Waals surface area contributed by atoms with Gasteiger partial charge in [0.25, 0.3) is 5.91 Å². The monoisotopic (exact) mass is 503 g/mol. The molecule has 1 amide bonds. The molecule has 5 unspecified atom stereocenters. The summed E-state index contributed by atoms with van der Waals surface area (Å²) in [6.45, 7) is 6.98. The summed E-state index contributed by atoms with van der Waals surface area (Å²) in [5.74, 6) is 1.47. The lowest BCUT2D eigenvalue weighted by atomic mass is 9.46. The Labute approximate surface area is 220 Å². The number of aromatic nitrogens is 1. The van der Waals surface area contributed by atoms with Gasteiger partial charge in [0, 0.05) is 48.9 Å². The second-order valence-electron chi connectivity index (χ2n) is 12.3. The number of aryl methyl sites for hydroxylation is 1. The van der Waals surface area contributed by atoms with Gasteiger partial charge in [-0.15, -0.1) is 0 Å². The zero-order chi connectivity index (χ0) is 25.9. The van der Waals surface area contributed by atoms with Gasteiger partial charge in [0.15, 0.2) is 0 Å². The van der Waals surface area contributed by atoms with Gasteiger partial charge in [-0.1, -0.05) is 13.0 Å². The smallest absolute Gasteiger partial charge is 0.254 e. The highest BCUT2D eigenvalue weighted by molar-refractivity contribution is 5.94. The summed E-state index contributed by atoms with van der Waals surface area (Å²) in [7, 11) is 1.93. The first kappa shape index (κ1) is 24.7. The van der Waals surface area contributed by atoms with E-state index >= 15 is 0 Å². The molecule has 1 aromatic heterocycles. The van der Waals surface area contributed by atoms with Crippen molar-refractivity contribution in [1.82, 2.24) is 14.8 Å². The zero-order valence-electron chi connectivity index (χ0n) is 22.5. The Bertz CT molecular complexity index is 1250. The second kappa shape index (κ2) is 9.00. The quantitative estimate of drug-likeness (QED) is 0.598. The topological polar surface area (TPSA) is 76.6 Å². The molecule has 4 aliphatic rings. The lowest BCUT2D eigenvalue weighted by molar-refractivity contribution is -0.0892. The Morgan fingerprint density at radius 3 is 2.65 bits per heavy atom. The molecule has 2 heterocycles. The number of carbonyl (C=O) groups excluding carboxylic acids is 1. The van der Waals surface area contributed by atoms with E-state index in [0.29, 0.717) is 23.3 Å². The molecule has 1 saturated heterocycles. The van der Waals surface area contributed by atoms with Crippen molar-refractivity contribution in [3.8, 4) is 5.75 Å². The van der Waals surface area contributed by atoms with Gasteiger partial charge >= 0.3 is 0 Å². The van der Waals surface area contributed by atoms with Crippen molar-refractivity contribution in [2.45, 2.75) is 82.7 Å². The Kier molecular flexibility index (Phi) is 6.02. The van der Waals surface area contributed by atoms with Crippen LogP contribution >= 0.6 is 0 Å². The Hall–Kier alpha value is -2.60. The van der Waals surface area contributed by atoms with Crippen molar-refractivity contribution in [2.24, 2.45) is 17.3 Å². The summed E-state index contributed by atoms with van der Waals surface area (Å²) in [5, 5.41) is 10.7. The number of amides is 1. The summed E-state index contributed by atoms with van der Waals surface area (Å²) in [6.07, 6.45) is 10.6. The molecule has 3 saturated carbocycles. The minimum Gasteiger partial charge on any atom is -0.508 e. The molecule has 198 valence electrons. The number of benzene rings is 1. The predicted octanol–water partition coefficient (Wildman–Crippen LogP) is 4.72. The van der Waals surface area contributed by atoms with E-state index in [4.69, 9.17) is 0 Å². The number of H-pyrrole nitrogens is 1. The third-order valence-electron chi connectivity index (χ3n) is 10.9. The minimum absolute atomic E-state index is 0.0673. The summed E-state index contributed by atoms with van der Waals surface area (Å²) < 4.78 is 0. The van der Waals surface area contributed by atoms with Gasteiger partial charge in [-0.05, 0) is 111 Å². The highest BCUT2D eigenvalue weighted by Crippen LogP contribution is 2.70. The van der Waals surface area contributed by atoms with Crippen molar-refractivity contribution < 1.29 is 9.90 Å². The highest BCUT2D eigenvalue weighted by atomic mass is 16.3. The molecule has 1 aromatic carbocycles. The standard InChI is InChI=1S/C31H41N3O3/c1-4-22-7-8-24(35)18-26(22)31-14-16-34(19-21-5-6-21)20(2)30(31)12-9-25(31)27(10-13-30)33(3)29(37)23-11-15-32-28(36)17-23/h7-8,11,15,17-18,20-21,25,27,35H,4-6,9-10,12-14,16,19H2,1-3H3,(H,32,36). The number of aromatic amines is 1. The number of nitrogens with one attached hydrogen (secondary N) is 1. The average Bonchev–Trinajstić information content (AvgIpc) is 3.69. The van der Waals surface area contributed by atoms with Crippen LogP contribution in [0.4, 0.5) is 0 Å². The molecular weight excluding hydrogens is 462 g/mol. The largest absolute Gasteiger partial charge is 0.508 e. The maximum Gasteiger partial charge on any atom is 0.254 e. The lowest BCUT2D eigenvalue weighted by Crippen LogP contribution is -2.67. The fraction of sp³-hybridized carbons (Fsp3) is 0.613. The van der Waals surface area contributed by atoms with Crippen molar-refractivity contribution >= 4 is 5.91 Å². The van der Waals surface area contributed by atoms with Crippen LogP contribution in [0.5, 0.6) is 5.75 Å². The molecule has 6 nitrogen and oxygen atoms in total. The van der Waals surface area contributed by atoms with Gasteiger partial charge in [-0.3, -0.25) is 14.5 Å². The average molecular weight is 504 g/mol. The first-order valence-electron chi connectivity index (χ1n) is 14.3. The van der Waals surface area contributed by atoms with Crippen molar-refractivity contribution in [2.75, 3.05) is 20.1 Å². The Morgan fingerprint density at radius 1 is 1.14 bits per heavy atom. The SMILES string of the molecule is CCc1ccc(O)cc1C12CCN(CC3CC3)C(C)C13CCC(N(C)C(=O)c1cc[nH]c(=O)c1)C2CC3. The molecule has 37 heavy (non-hydrogen) atoms. The molecule has 6 heteroatoms. The van der Waals surface area contributed by atoms with Gasteiger partial charge in [-0.2, -0.15) is 0 Å². The van der Waals surface area contributed by atoms with Gasteiger partial charge < -0.3 is 15.0 Å². The molecule has 2 aromatic rings. The molecule has 0 radical (unpaired) electrons. The normalized spacial score (nSPS) is 33.2. The maximum atomic E-state index is 13.6. The predicted molar refractivity (Wildman–Crippen MR) is 145 cm³/mol. The first-order chi connectivity index (χ1) is 17.8. The van der Waals surface area contributed by atoms with E-state index in [1.807, 2.05) is 18.0 Å². The third kappa shape index (κ3) is 3.70. The minimum atomic E-state index is -0.247. The molecular formula is C31H41N3O3. The number of carbonyl (C=O) groups is 1. The molecule has 0 spiro atoms.